The molecule has 0 bridgehead atoms. The molecule has 1 atom stereocenters. The zero-order valence-corrected chi connectivity index (χ0v) is 16.3. The smallest absolute Gasteiger partial charge is 0.257 e. The number of nitrogens with one attached hydrogen (secondary N) is 1. The highest BCUT2D eigenvalue weighted by molar-refractivity contribution is 7.22. The summed E-state index contributed by atoms with van der Waals surface area (Å²) in [5.74, 6) is 0.572. The number of amides is 1. The van der Waals surface area contributed by atoms with Crippen molar-refractivity contribution < 1.29 is 14.3 Å². The first-order valence-corrected chi connectivity index (χ1v) is 9.94. The Bertz CT molecular complexity index is 959. The number of carbonyl (C=O) groups is 1. The highest BCUT2D eigenvalue weighted by atomic mass is 32.1. The molecule has 3 aromatic rings. The van der Waals surface area contributed by atoms with Crippen LogP contribution in [-0.4, -0.2) is 30.2 Å². The maximum Gasteiger partial charge on any atom is 0.257 e. The van der Waals surface area contributed by atoms with E-state index < -0.39 is 0 Å². The number of aryl methyl sites for hydroxylation is 2. The lowest BCUT2D eigenvalue weighted by Crippen LogP contribution is -2.16. The number of hydrogen-bond acceptors (Lipinski definition) is 5. The second-order valence-electron chi connectivity index (χ2n) is 6.87. The lowest BCUT2D eigenvalue weighted by Gasteiger charge is -2.11. The first-order chi connectivity index (χ1) is 13.1. The van der Waals surface area contributed by atoms with E-state index in [1.807, 2.05) is 19.1 Å². The molecule has 1 fully saturated rings. The van der Waals surface area contributed by atoms with Gasteiger partial charge in [-0.15, -0.1) is 0 Å². The minimum absolute atomic E-state index is 0.172. The van der Waals surface area contributed by atoms with Crippen LogP contribution in [-0.2, 0) is 4.74 Å². The molecule has 4 rings (SSSR count). The van der Waals surface area contributed by atoms with E-state index in [0.29, 0.717) is 17.3 Å². The topological polar surface area (TPSA) is 60.5 Å². The number of fused-ring (bicyclic) bond motifs is 1. The van der Waals surface area contributed by atoms with Gasteiger partial charge >= 0.3 is 0 Å². The number of ether oxygens (including phenoxy) is 2. The molecule has 1 amide bonds. The van der Waals surface area contributed by atoms with Crippen LogP contribution in [0.3, 0.4) is 0 Å². The van der Waals surface area contributed by atoms with E-state index in [-0.39, 0.29) is 12.0 Å². The van der Waals surface area contributed by atoms with Crippen molar-refractivity contribution in [1.82, 2.24) is 4.98 Å². The number of aromatic nitrogens is 1. The van der Waals surface area contributed by atoms with Crippen molar-refractivity contribution in [2.24, 2.45) is 0 Å². The maximum atomic E-state index is 12.5. The number of nitrogens with zero attached hydrogens (tertiary/aromatic N) is 1. The van der Waals surface area contributed by atoms with Gasteiger partial charge in [0.1, 0.15) is 12.4 Å². The Morgan fingerprint density at radius 2 is 2.11 bits per heavy atom. The highest BCUT2D eigenvalue weighted by Gasteiger charge is 2.16. The van der Waals surface area contributed by atoms with Crippen LogP contribution >= 0.6 is 11.3 Å². The van der Waals surface area contributed by atoms with E-state index in [1.54, 1.807) is 12.1 Å². The van der Waals surface area contributed by atoms with Crippen molar-refractivity contribution in [1.29, 1.82) is 0 Å². The molecule has 0 spiro atoms. The van der Waals surface area contributed by atoms with Crippen LogP contribution in [0, 0.1) is 13.8 Å². The van der Waals surface area contributed by atoms with E-state index in [1.165, 1.54) is 16.9 Å². The number of rotatable bonds is 5. The van der Waals surface area contributed by atoms with Crippen molar-refractivity contribution in [2.45, 2.75) is 32.8 Å². The SMILES string of the molecule is Cc1cc(C)c2nc(NC(=O)c3ccc(OC[C@H]4CCCO4)cc3)sc2c1. The summed E-state index contributed by atoms with van der Waals surface area (Å²) in [6.45, 7) is 5.47. The normalized spacial score (nSPS) is 16.6. The van der Waals surface area contributed by atoms with Gasteiger partial charge in [-0.1, -0.05) is 17.4 Å². The molecule has 5 nitrogen and oxygen atoms in total. The third-order valence-electron chi connectivity index (χ3n) is 4.63. The molecule has 140 valence electrons. The van der Waals surface area contributed by atoms with Crippen LogP contribution in [0.1, 0.15) is 34.3 Å². The standard InChI is InChI=1S/C21H22N2O3S/c1-13-10-14(2)19-18(11-13)27-21(22-19)23-20(24)15-5-7-16(8-6-15)26-12-17-4-3-9-25-17/h5-8,10-11,17H,3-4,9,12H2,1-2H3,(H,22,23,24)/t17-/m1/s1. The number of anilines is 1. The summed E-state index contributed by atoms with van der Waals surface area (Å²) in [6.07, 6.45) is 2.32. The van der Waals surface area contributed by atoms with E-state index in [2.05, 4.69) is 29.4 Å². The summed E-state index contributed by atoms with van der Waals surface area (Å²) in [7, 11) is 0. The third-order valence-corrected chi connectivity index (χ3v) is 5.54. The lowest BCUT2D eigenvalue weighted by molar-refractivity contribution is 0.0679. The number of carbonyl (C=O) groups excluding carboxylic acids is 1. The Morgan fingerprint density at radius 3 is 2.85 bits per heavy atom. The number of benzene rings is 2. The van der Waals surface area contributed by atoms with Crippen molar-refractivity contribution in [3.05, 3.63) is 53.1 Å². The van der Waals surface area contributed by atoms with Crippen molar-refractivity contribution in [2.75, 3.05) is 18.5 Å². The van der Waals surface area contributed by atoms with Gasteiger partial charge < -0.3 is 9.47 Å². The Balaban J connectivity index is 1.41. The van der Waals surface area contributed by atoms with Crippen LogP contribution in [0.25, 0.3) is 10.2 Å². The lowest BCUT2D eigenvalue weighted by atomic mass is 10.1. The molecule has 2 heterocycles. The van der Waals surface area contributed by atoms with Gasteiger partial charge in [-0.2, -0.15) is 0 Å². The number of thiazole rings is 1. The van der Waals surface area contributed by atoms with Crippen molar-refractivity contribution >= 4 is 32.6 Å². The predicted octanol–water partition coefficient (Wildman–Crippen LogP) is 4.72. The van der Waals surface area contributed by atoms with Crippen LogP contribution in [0.5, 0.6) is 5.75 Å². The molecule has 0 saturated carbocycles. The molecule has 0 unspecified atom stereocenters. The maximum absolute atomic E-state index is 12.5. The fraction of sp³-hybridized carbons (Fsp3) is 0.333. The van der Waals surface area contributed by atoms with Gasteiger partial charge in [-0.3, -0.25) is 10.1 Å². The van der Waals surface area contributed by atoms with Gasteiger partial charge in [0.15, 0.2) is 5.13 Å². The largest absolute Gasteiger partial charge is 0.491 e. The summed E-state index contributed by atoms with van der Waals surface area (Å²) >= 11 is 1.49. The van der Waals surface area contributed by atoms with E-state index in [0.717, 1.165) is 41.0 Å². The van der Waals surface area contributed by atoms with Gasteiger partial charge in [-0.05, 0) is 68.1 Å². The quantitative estimate of drug-likeness (QED) is 0.693. The average molecular weight is 382 g/mol. The Labute approximate surface area is 162 Å². The Hall–Kier alpha value is -2.44. The third kappa shape index (κ3) is 4.12. The van der Waals surface area contributed by atoms with Crippen molar-refractivity contribution in [3.63, 3.8) is 0 Å². The first kappa shape index (κ1) is 17.9. The van der Waals surface area contributed by atoms with Gasteiger partial charge in [0.05, 0.1) is 16.3 Å². The summed E-state index contributed by atoms with van der Waals surface area (Å²) in [6, 6.07) is 11.4. The Kier molecular flexibility index (Phi) is 5.09. The molecule has 1 aliphatic rings. The van der Waals surface area contributed by atoms with Gasteiger partial charge in [0, 0.05) is 12.2 Å². The minimum atomic E-state index is -0.172. The zero-order chi connectivity index (χ0) is 18.8. The van der Waals surface area contributed by atoms with Gasteiger partial charge in [0.25, 0.3) is 5.91 Å². The second kappa shape index (κ2) is 7.66. The average Bonchev–Trinajstić information content (AvgIpc) is 3.30. The monoisotopic (exact) mass is 382 g/mol. The van der Waals surface area contributed by atoms with Gasteiger partial charge in [-0.25, -0.2) is 4.98 Å². The summed E-state index contributed by atoms with van der Waals surface area (Å²) in [4.78, 5) is 17.1. The van der Waals surface area contributed by atoms with Crippen LogP contribution < -0.4 is 10.1 Å². The molecule has 27 heavy (non-hydrogen) atoms. The molecule has 1 aromatic heterocycles. The van der Waals surface area contributed by atoms with Gasteiger partial charge in [0.2, 0.25) is 0 Å². The fourth-order valence-corrected chi connectivity index (χ4v) is 4.30. The molecule has 0 aliphatic carbocycles. The molecule has 2 aromatic carbocycles. The molecular formula is C21H22N2O3S. The summed E-state index contributed by atoms with van der Waals surface area (Å²) in [5, 5.41) is 3.51. The molecule has 0 radical (unpaired) electrons. The predicted molar refractivity (Wildman–Crippen MR) is 108 cm³/mol. The molecular weight excluding hydrogens is 360 g/mol. The van der Waals surface area contributed by atoms with Crippen molar-refractivity contribution in [3.8, 4) is 5.75 Å². The summed E-state index contributed by atoms with van der Waals surface area (Å²) in [5.41, 5.74) is 3.83. The van der Waals surface area contributed by atoms with Crippen LogP contribution in [0.15, 0.2) is 36.4 Å². The van der Waals surface area contributed by atoms with Crippen LogP contribution in [0.2, 0.25) is 0 Å². The van der Waals surface area contributed by atoms with E-state index in [4.69, 9.17) is 9.47 Å². The molecule has 1 aliphatic heterocycles. The number of hydrogen-bond donors (Lipinski definition) is 1. The highest BCUT2D eigenvalue weighted by Crippen LogP contribution is 2.29. The molecule has 1 saturated heterocycles. The fourth-order valence-electron chi connectivity index (χ4n) is 3.26. The molecule has 6 heteroatoms. The summed E-state index contributed by atoms with van der Waals surface area (Å²) < 4.78 is 12.4. The second-order valence-corrected chi connectivity index (χ2v) is 7.90. The Morgan fingerprint density at radius 1 is 1.30 bits per heavy atom. The first-order valence-electron chi connectivity index (χ1n) is 9.12. The van der Waals surface area contributed by atoms with E-state index in [9.17, 15) is 4.79 Å². The minimum Gasteiger partial charge on any atom is -0.491 e. The zero-order valence-electron chi connectivity index (χ0n) is 15.5. The van der Waals surface area contributed by atoms with Crippen LogP contribution in [0.4, 0.5) is 5.13 Å². The van der Waals surface area contributed by atoms with E-state index >= 15 is 0 Å². The molecule has 1 N–H and O–H groups in total.